The first-order chi connectivity index (χ1) is 6.79. The van der Waals surface area contributed by atoms with E-state index in [1.807, 2.05) is 0 Å². The summed E-state index contributed by atoms with van der Waals surface area (Å²) in [6, 6.07) is 0. The second-order valence-electron chi connectivity index (χ2n) is 4.02. The molecule has 2 amide bonds. The number of rotatable bonds is 2. The zero-order chi connectivity index (χ0) is 11.8. The molecule has 0 aromatic rings. The van der Waals surface area contributed by atoms with E-state index in [4.69, 9.17) is 11.5 Å². The van der Waals surface area contributed by atoms with Crippen molar-refractivity contribution >= 4 is 17.6 Å². The predicted molar refractivity (Wildman–Crippen MR) is 50.2 cm³/mol. The average molecular weight is 214 g/mol. The van der Waals surface area contributed by atoms with E-state index in [0.717, 1.165) is 0 Å². The third-order valence-electron chi connectivity index (χ3n) is 3.00. The van der Waals surface area contributed by atoms with Crippen molar-refractivity contribution in [3.8, 4) is 0 Å². The van der Waals surface area contributed by atoms with E-state index in [1.165, 1.54) is 0 Å². The molecule has 1 aliphatic rings. The smallest absolute Gasteiger partial charge is 0.249 e. The van der Waals surface area contributed by atoms with Crippen molar-refractivity contribution < 1.29 is 19.5 Å². The molecule has 0 aromatic carbocycles. The number of amides is 2. The minimum absolute atomic E-state index is 0.0625. The number of aliphatic hydroxyl groups is 1. The molecule has 1 saturated carbocycles. The Balaban J connectivity index is 2.99. The highest BCUT2D eigenvalue weighted by molar-refractivity contribution is 6.03. The summed E-state index contributed by atoms with van der Waals surface area (Å²) in [5.74, 6) is -3.79. The van der Waals surface area contributed by atoms with Gasteiger partial charge in [0.15, 0.2) is 0 Å². The predicted octanol–water partition coefficient (Wildman–Crippen LogP) is -1.70. The number of hydrogen-bond acceptors (Lipinski definition) is 4. The second kappa shape index (κ2) is 3.62. The molecule has 3 atom stereocenters. The molecule has 0 radical (unpaired) electrons. The summed E-state index contributed by atoms with van der Waals surface area (Å²) in [5, 5.41) is 9.92. The molecule has 84 valence electrons. The van der Waals surface area contributed by atoms with Crippen LogP contribution < -0.4 is 11.5 Å². The minimum atomic E-state index is -1.81. The van der Waals surface area contributed by atoms with Gasteiger partial charge in [-0.15, -0.1) is 0 Å². The van der Waals surface area contributed by atoms with Crippen molar-refractivity contribution in [2.75, 3.05) is 0 Å². The van der Waals surface area contributed by atoms with Crippen molar-refractivity contribution in [1.29, 1.82) is 0 Å². The molecule has 0 spiro atoms. The lowest BCUT2D eigenvalue weighted by atomic mass is 9.70. The molecule has 1 fully saturated rings. The van der Waals surface area contributed by atoms with Crippen molar-refractivity contribution in [2.24, 2.45) is 23.3 Å². The first-order valence-corrected chi connectivity index (χ1v) is 4.63. The van der Waals surface area contributed by atoms with Gasteiger partial charge < -0.3 is 16.6 Å². The fraction of sp³-hybridized carbons (Fsp3) is 0.667. The fourth-order valence-electron chi connectivity index (χ4n) is 1.84. The molecule has 3 unspecified atom stereocenters. The topological polar surface area (TPSA) is 123 Å². The van der Waals surface area contributed by atoms with Gasteiger partial charge in [-0.1, -0.05) is 6.92 Å². The number of ketones is 1. The maximum Gasteiger partial charge on any atom is 0.249 e. The van der Waals surface area contributed by atoms with Crippen LogP contribution >= 0.6 is 0 Å². The van der Waals surface area contributed by atoms with E-state index in [9.17, 15) is 19.5 Å². The fourth-order valence-corrected chi connectivity index (χ4v) is 1.84. The van der Waals surface area contributed by atoms with Gasteiger partial charge in [0.25, 0.3) is 0 Å². The summed E-state index contributed by atoms with van der Waals surface area (Å²) in [6.45, 7) is 1.54. The van der Waals surface area contributed by atoms with Crippen LogP contribution in [0, 0.1) is 11.8 Å². The highest BCUT2D eigenvalue weighted by atomic mass is 16.3. The lowest BCUT2D eigenvalue weighted by Crippen LogP contribution is -2.56. The van der Waals surface area contributed by atoms with Crippen LogP contribution in [0.5, 0.6) is 0 Å². The second-order valence-corrected chi connectivity index (χ2v) is 4.02. The van der Waals surface area contributed by atoms with Crippen molar-refractivity contribution in [3.05, 3.63) is 0 Å². The largest absolute Gasteiger partial charge is 0.380 e. The molecule has 0 aliphatic heterocycles. The first-order valence-electron chi connectivity index (χ1n) is 4.63. The third kappa shape index (κ3) is 1.85. The molecule has 0 heterocycles. The Morgan fingerprint density at radius 2 is 2.00 bits per heavy atom. The Hall–Kier alpha value is -1.43. The lowest BCUT2D eigenvalue weighted by Gasteiger charge is -2.37. The van der Waals surface area contributed by atoms with Crippen LogP contribution in [0.3, 0.4) is 0 Å². The number of carbonyl (C=O) groups is 3. The van der Waals surface area contributed by atoms with Crippen LogP contribution in [-0.4, -0.2) is 28.3 Å². The van der Waals surface area contributed by atoms with Gasteiger partial charge in [0.05, 0.1) is 5.92 Å². The Kier molecular flexibility index (Phi) is 2.81. The quantitative estimate of drug-likeness (QED) is 0.474. The van der Waals surface area contributed by atoms with Crippen molar-refractivity contribution in [1.82, 2.24) is 0 Å². The van der Waals surface area contributed by atoms with Gasteiger partial charge in [0.2, 0.25) is 11.8 Å². The summed E-state index contributed by atoms with van der Waals surface area (Å²) >= 11 is 0. The van der Waals surface area contributed by atoms with Gasteiger partial charge >= 0.3 is 0 Å². The maximum absolute atomic E-state index is 11.4. The number of carbonyl (C=O) groups excluding carboxylic acids is 3. The van der Waals surface area contributed by atoms with Crippen LogP contribution in [0.15, 0.2) is 0 Å². The average Bonchev–Trinajstić information content (AvgIpc) is 2.10. The molecule has 15 heavy (non-hydrogen) atoms. The normalized spacial score (nSPS) is 36.3. The summed E-state index contributed by atoms with van der Waals surface area (Å²) < 4.78 is 0. The summed E-state index contributed by atoms with van der Waals surface area (Å²) in [7, 11) is 0. The number of Topliss-reactive ketones (excluding diaryl/α,β-unsaturated/α-hetero) is 1. The Morgan fingerprint density at radius 3 is 2.40 bits per heavy atom. The van der Waals surface area contributed by atoms with Crippen molar-refractivity contribution in [2.45, 2.75) is 25.4 Å². The molecule has 1 aliphatic carbocycles. The zero-order valence-electron chi connectivity index (χ0n) is 8.40. The molecular formula is C9H14N2O4. The molecule has 0 saturated heterocycles. The molecule has 5 N–H and O–H groups in total. The lowest BCUT2D eigenvalue weighted by molar-refractivity contribution is -0.156. The van der Waals surface area contributed by atoms with E-state index in [1.54, 1.807) is 6.92 Å². The standard InChI is InChI=1S/C9H14N2O4/c1-4-2-6(12)5(7(10)13)3-9(4,15)8(11)14/h4-5,15H,2-3H2,1H3,(H2,10,13)(H2,11,14). The van der Waals surface area contributed by atoms with Gasteiger partial charge in [-0.05, 0) is 0 Å². The van der Waals surface area contributed by atoms with Gasteiger partial charge in [0, 0.05) is 18.8 Å². The Morgan fingerprint density at radius 1 is 1.47 bits per heavy atom. The Bertz CT molecular complexity index is 328. The SMILES string of the molecule is CC1CC(=O)C(C(N)=O)CC1(O)C(N)=O. The highest BCUT2D eigenvalue weighted by Crippen LogP contribution is 2.34. The molecule has 0 bridgehead atoms. The van der Waals surface area contributed by atoms with Gasteiger partial charge in [0.1, 0.15) is 11.4 Å². The molecule has 6 heteroatoms. The highest BCUT2D eigenvalue weighted by Gasteiger charge is 2.49. The molecular weight excluding hydrogens is 200 g/mol. The maximum atomic E-state index is 11.4. The van der Waals surface area contributed by atoms with Gasteiger partial charge in [-0.3, -0.25) is 14.4 Å². The van der Waals surface area contributed by atoms with Crippen molar-refractivity contribution in [3.63, 3.8) is 0 Å². The molecule has 6 nitrogen and oxygen atoms in total. The number of hydrogen-bond donors (Lipinski definition) is 3. The Labute approximate surface area is 86.6 Å². The van der Waals surface area contributed by atoms with E-state index in [-0.39, 0.29) is 18.6 Å². The summed E-state index contributed by atoms with van der Waals surface area (Å²) in [4.78, 5) is 33.4. The van der Waals surface area contributed by atoms with Crippen LogP contribution in [0.4, 0.5) is 0 Å². The van der Waals surface area contributed by atoms with E-state index in [0.29, 0.717) is 0 Å². The first kappa shape index (κ1) is 11.6. The van der Waals surface area contributed by atoms with Crippen LogP contribution in [-0.2, 0) is 14.4 Å². The number of primary amides is 2. The summed E-state index contributed by atoms with van der Waals surface area (Å²) in [5.41, 5.74) is 8.24. The van der Waals surface area contributed by atoms with E-state index >= 15 is 0 Å². The third-order valence-corrected chi connectivity index (χ3v) is 3.00. The monoisotopic (exact) mass is 214 g/mol. The zero-order valence-corrected chi connectivity index (χ0v) is 8.40. The van der Waals surface area contributed by atoms with Gasteiger partial charge in [-0.2, -0.15) is 0 Å². The van der Waals surface area contributed by atoms with Crippen LogP contribution in [0.1, 0.15) is 19.8 Å². The molecule has 0 aromatic heterocycles. The van der Waals surface area contributed by atoms with E-state index < -0.39 is 29.3 Å². The minimum Gasteiger partial charge on any atom is -0.380 e. The summed E-state index contributed by atoms with van der Waals surface area (Å²) in [6.07, 6.45) is -0.370. The van der Waals surface area contributed by atoms with Crippen LogP contribution in [0.25, 0.3) is 0 Å². The molecule has 1 rings (SSSR count). The number of nitrogens with two attached hydrogens (primary N) is 2. The van der Waals surface area contributed by atoms with Gasteiger partial charge in [-0.25, -0.2) is 0 Å². The van der Waals surface area contributed by atoms with Crippen LogP contribution in [0.2, 0.25) is 0 Å². The van der Waals surface area contributed by atoms with E-state index in [2.05, 4.69) is 0 Å².